The summed E-state index contributed by atoms with van der Waals surface area (Å²) in [5, 5.41) is 28.1. The summed E-state index contributed by atoms with van der Waals surface area (Å²) >= 11 is 0. The number of hydrogen-bond donors (Lipinski definition) is 3. The molecule has 4 N–H and O–H groups in total. The van der Waals surface area contributed by atoms with Crippen LogP contribution in [0.4, 0.5) is 5.69 Å². The molecule has 6 heteroatoms. The third-order valence-electron chi connectivity index (χ3n) is 2.97. The number of carbonyl (C=O) groups excluding carboxylic acids is 1. The van der Waals surface area contributed by atoms with Crippen molar-refractivity contribution in [1.82, 2.24) is 4.90 Å². The largest absolute Gasteiger partial charge is 0.504 e. The normalized spacial score (nSPS) is 11.0. The lowest BCUT2D eigenvalue weighted by Crippen LogP contribution is -2.32. The average molecular weight is 289 g/mol. The third-order valence-corrected chi connectivity index (χ3v) is 2.97. The maximum atomic E-state index is 12.2. The zero-order valence-corrected chi connectivity index (χ0v) is 12.1. The Kier molecular flexibility index (Phi) is 5.61. The number of nitrogens with two attached hydrogens (primary N) is 1. The lowest BCUT2D eigenvalue weighted by Gasteiger charge is -2.19. The maximum absolute atomic E-state index is 12.2. The smallest absolute Gasteiger partial charge is 0.264 e. The number of nitrogens with zero attached hydrogens (tertiary/aromatic N) is 2. The Balaban J connectivity index is 3.15. The highest BCUT2D eigenvalue weighted by Gasteiger charge is 2.16. The number of aromatic hydroxyl groups is 2. The standard InChI is InChI=1S/C15H19N3O3/c1-3-5-18(4-2)15(21)11(9-16)6-10-7-12(17)14(20)13(19)8-10/h6-8,19-20H,3-5,17H2,1-2H3/b11-6+. The molecule has 21 heavy (non-hydrogen) atoms. The molecule has 0 heterocycles. The van der Waals surface area contributed by atoms with Gasteiger partial charge < -0.3 is 20.8 Å². The van der Waals surface area contributed by atoms with Gasteiger partial charge >= 0.3 is 0 Å². The van der Waals surface area contributed by atoms with Crippen molar-refractivity contribution in [2.24, 2.45) is 0 Å². The first-order chi connectivity index (χ1) is 9.94. The number of amides is 1. The van der Waals surface area contributed by atoms with Crippen LogP contribution in [-0.4, -0.2) is 34.1 Å². The molecule has 0 aromatic heterocycles. The number of carbonyl (C=O) groups is 1. The average Bonchev–Trinajstić information content (AvgIpc) is 2.47. The second-order valence-electron chi connectivity index (χ2n) is 4.53. The van der Waals surface area contributed by atoms with Gasteiger partial charge in [0.05, 0.1) is 5.69 Å². The van der Waals surface area contributed by atoms with Crippen LogP contribution >= 0.6 is 0 Å². The Labute approximate surface area is 123 Å². The first kappa shape index (κ1) is 16.4. The van der Waals surface area contributed by atoms with Crippen LogP contribution in [0.15, 0.2) is 17.7 Å². The van der Waals surface area contributed by atoms with Crippen molar-refractivity contribution in [3.8, 4) is 17.6 Å². The third kappa shape index (κ3) is 3.89. The van der Waals surface area contributed by atoms with E-state index in [1.807, 2.05) is 19.9 Å². The van der Waals surface area contributed by atoms with E-state index in [-0.39, 0.29) is 17.2 Å². The first-order valence-corrected chi connectivity index (χ1v) is 6.67. The van der Waals surface area contributed by atoms with Crippen molar-refractivity contribution in [3.05, 3.63) is 23.3 Å². The molecular weight excluding hydrogens is 270 g/mol. The van der Waals surface area contributed by atoms with E-state index in [1.165, 1.54) is 18.2 Å². The van der Waals surface area contributed by atoms with Crippen molar-refractivity contribution in [3.63, 3.8) is 0 Å². The SMILES string of the molecule is CCCN(CC)C(=O)/C(C#N)=C/c1cc(N)c(O)c(O)c1. The quantitative estimate of drug-likeness (QED) is 0.331. The topological polar surface area (TPSA) is 111 Å². The minimum absolute atomic E-state index is 0.0214. The highest BCUT2D eigenvalue weighted by atomic mass is 16.3. The van der Waals surface area contributed by atoms with Crippen LogP contribution in [0.1, 0.15) is 25.8 Å². The van der Waals surface area contributed by atoms with Crippen LogP contribution in [0.3, 0.4) is 0 Å². The molecule has 0 saturated carbocycles. The van der Waals surface area contributed by atoms with Gasteiger partial charge in [0, 0.05) is 13.1 Å². The van der Waals surface area contributed by atoms with E-state index in [2.05, 4.69) is 0 Å². The molecule has 0 atom stereocenters. The molecule has 0 saturated heterocycles. The summed E-state index contributed by atoms with van der Waals surface area (Å²) < 4.78 is 0. The van der Waals surface area contributed by atoms with Gasteiger partial charge in [0.25, 0.3) is 5.91 Å². The van der Waals surface area contributed by atoms with Gasteiger partial charge in [0.2, 0.25) is 0 Å². The highest BCUT2D eigenvalue weighted by molar-refractivity contribution is 6.01. The second-order valence-corrected chi connectivity index (χ2v) is 4.53. The Hall–Kier alpha value is -2.68. The predicted octanol–water partition coefficient (Wildman–Crippen LogP) is 1.85. The van der Waals surface area contributed by atoms with Gasteiger partial charge in [0.1, 0.15) is 11.6 Å². The molecule has 0 unspecified atom stereocenters. The zero-order valence-electron chi connectivity index (χ0n) is 12.1. The summed E-state index contributed by atoms with van der Waals surface area (Å²) in [5.41, 5.74) is 5.84. The Bertz CT molecular complexity index is 580. The fourth-order valence-electron chi connectivity index (χ4n) is 1.90. The first-order valence-electron chi connectivity index (χ1n) is 6.67. The summed E-state index contributed by atoms with van der Waals surface area (Å²) in [6.45, 7) is 4.86. The summed E-state index contributed by atoms with van der Waals surface area (Å²) in [7, 11) is 0. The number of phenolic OH excluding ortho intramolecular Hbond substituents is 2. The van der Waals surface area contributed by atoms with E-state index >= 15 is 0 Å². The fourth-order valence-corrected chi connectivity index (χ4v) is 1.90. The summed E-state index contributed by atoms with van der Waals surface area (Å²) in [4.78, 5) is 13.8. The number of nitrogen functional groups attached to an aromatic ring is 1. The lowest BCUT2D eigenvalue weighted by atomic mass is 10.1. The molecule has 1 amide bonds. The van der Waals surface area contributed by atoms with Gasteiger partial charge in [-0.25, -0.2) is 0 Å². The maximum Gasteiger partial charge on any atom is 0.264 e. The van der Waals surface area contributed by atoms with Crippen molar-refractivity contribution in [2.75, 3.05) is 18.8 Å². The molecule has 6 nitrogen and oxygen atoms in total. The summed E-state index contributed by atoms with van der Waals surface area (Å²) in [6, 6.07) is 4.49. The molecule has 0 radical (unpaired) electrons. The van der Waals surface area contributed by atoms with Gasteiger partial charge in [-0.2, -0.15) is 5.26 Å². The molecule has 112 valence electrons. The van der Waals surface area contributed by atoms with Gasteiger partial charge in [-0.1, -0.05) is 6.92 Å². The van der Waals surface area contributed by atoms with Gasteiger partial charge in [-0.15, -0.1) is 0 Å². The molecule has 1 aromatic carbocycles. The van der Waals surface area contributed by atoms with Crippen molar-refractivity contribution in [1.29, 1.82) is 5.26 Å². The number of benzene rings is 1. The summed E-state index contributed by atoms with van der Waals surface area (Å²) in [6.07, 6.45) is 2.14. The number of rotatable bonds is 5. The van der Waals surface area contributed by atoms with Crippen LogP contribution in [0.2, 0.25) is 0 Å². The minimum atomic E-state index is -0.418. The van der Waals surface area contributed by atoms with Crippen LogP contribution < -0.4 is 5.73 Å². The fraction of sp³-hybridized carbons (Fsp3) is 0.333. The minimum Gasteiger partial charge on any atom is -0.504 e. The van der Waals surface area contributed by atoms with E-state index in [0.717, 1.165) is 6.42 Å². The monoisotopic (exact) mass is 289 g/mol. The number of anilines is 1. The molecule has 0 aliphatic rings. The summed E-state index contributed by atoms with van der Waals surface area (Å²) in [5.74, 6) is -1.18. The van der Waals surface area contributed by atoms with Crippen molar-refractivity contribution < 1.29 is 15.0 Å². The van der Waals surface area contributed by atoms with Gasteiger partial charge in [0.15, 0.2) is 11.5 Å². The Morgan fingerprint density at radius 1 is 1.43 bits per heavy atom. The molecule has 0 aliphatic heterocycles. The number of hydrogen-bond acceptors (Lipinski definition) is 5. The van der Waals surface area contributed by atoms with E-state index in [4.69, 9.17) is 11.0 Å². The molecular formula is C15H19N3O3. The van der Waals surface area contributed by atoms with Crippen LogP contribution in [-0.2, 0) is 4.79 Å². The molecule has 1 aromatic rings. The van der Waals surface area contributed by atoms with E-state index in [9.17, 15) is 15.0 Å². The van der Waals surface area contributed by atoms with E-state index in [1.54, 1.807) is 4.90 Å². The van der Waals surface area contributed by atoms with Crippen molar-refractivity contribution in [2.45, 2.75) is 20.3 Å². The zero-order chi connectivity index (χ0) is 16.0. The van der Waals surface area contributed by atoms with Gasteiger partial charge in [-0.3, -0.25) is 4.79 Å². The molecule has 1 rings (SSSR count). The lowest BCUT2D eigenvalue weighted by molar-refractivity contribution is -0.126. The van der Waals surface area contributed by atoms with Crippen LogP contribution in [0.5, 0.6) is 11.5 Å². The molecule has 0 fully saturated rings. The number of nitriles is 1. The van der Waals surface area contributed by atoms with Gasteiger partial charge in [-0.05, 0) is 37.1 Å². The predicted molar refractivity (Wildman–Crippen MR) is 80.3 cm³/mol. The Morgan fingerprint density at radius 3 is 2.57 bits per heavy atom. The Morgan fingerprint density at radius 2 is 2.10 bits per heavy atom. The van der Waals surface area contributed by atoms with E-state index in [0.29, 0.717) is 18.7 Å². The number of phenols is 2. The van der Waals surface area contributed by atoms with Crippen LogP contribution in [0, 0.1) is 11.3 Å². The molecule has 0 bridgehead atoms. The van der Waals surface area contributed by atoms with E-state index < -0.39 is 11.5 Å². The molecule has 0 spiro atoms. The highest BCUT2D eigenvalue weighted by Crippen LogP contribution is 2.33. The van der Waals surface area contributed by atoms with Crippen molar-refractivity contribution >= 4 is 17.7 Å². The second kappa shape index (κ2) is 7.20. The number of likely N-dealkylation sites (N-methyl/N-ethyl adjacent to an activating group) is 1. The molecule has 0 aliphatic carbocycles. The van der Waals surface area contributed by atoms with Crippen LogP contribution in [0.25, 0.3) is 6.08 Å².